The van der Waals surface area contributed by atoms with Crippen LogP contribution in [0, 0.1) is 6.57 Å². The van der Waals surface area contributed by atoms with Crippen molar-refractivity contribution < 1.29 is 0 Å². The van der Waals surface area contributed by atoms with E-state index in [0.717, 1.165) is 18.8 Å². The van der Waals surface area contributed by atoms with Crippen LogP contribution in [0.2, 0.25) is 0 Å². The van der Waals surface area contributed by atoms with Crippen LogP contribution >= 0.6 is 0 Å². The molecule has 1 aliphatic rings. The maximum absolute atomic E-state index is 6.94. The van der Waals surface area contributed by atoms with Crippen molar-refractivity contribution >= 4 is 11.4 Å². The third-order valence-corrected chi connectivity index (χ3v) is 3.54. The molecule has 1 saturated heterocycles. The Balaban J connectivity index is 1.98. The molecule has 2 rings (SSSR count). The highest BCUT2D eigenvalue weighted by Crippen LogP contribution is 2.24. The minimum atomic E-state index is 0.716. The molecule has 3 nitrogen and oxygen atoms in total. The van der Waals surface area contributed by atoms with Crippen molar-refractivity contribution in [3.8, 4) is 0 Å². The molecule has 90 valence electrons. The van der Waals surface area contributed by atoms with Crippen LogP contribution in [0.15, 0.2) is 24.3 Å². The van der Waals surface area contributed by atoms with E-state index in [1.54, 1.807) is 0 Å². The molecule has 1 heterocycles. The second-order valence-electron chi connectivity index (χ2n) is 4.81. The lowest BCUT2D eigenvalue weighted by molar-refractivity contribution is 0.249. The number of nitrogens with zero attached hydrogens (tertiary/aromatic N) is 3. The Morgan fingerprint density at radius 3 is 2.24 bits per heavy atom. The molecule has 0 atom stereocenters. The number of rotatable bonds is 2. The average Bonchev–Trinajstić information content (AvgIpc) is 2.39. The maximum Gasteiger partial charge on any atom is 0.187 e. The van der Waals surface area contributed by atoms with Crippen LogP contribution < -0.4 is 4.90 Å². The predicted octanol–water partition coefficient (Wildman–Crippen LogP) is 2.77. The lowest BCUT2D eigenvalue weighted by Gasteiger charge is -2.36. The standard InChI is InChI=1S/C14H19N3/c1-15-12-4-6-14(7-5-12)17-10-8-13(9-11-17)16(2)3/h4-7,13H,8-11H2,2-3H3. The molecular formula is C14H19N3. The van der Waals surface area contributed by atoms with Gasteiger partial charge in [-0.15, -0.1) is 0 Å². The summed E-state index contributed by atoms with van der Waals surface area (Å²) in [5.41, 5.74) is 1.96. The summed E-state index contributed by atoms with van der Waals surface area (Å²) in [4.78, 5) is 8.15. The van der Waals surface area contributed by atoms with Crippen LogP contribution in [0.4, 0.5) is 11.4 Å². The molecule has 0 radical (unpaired) electrons. The van der Waals surface area contributed by atoms with Crippen molar-refractivity contribution in [1.29, 1.82) is 0 Å². The highest BCUT2D eigenvalue weighted by atomic mass is 15.2. The summed E-state index contributed by atoms with van der Waals surface area (Å²) in [5, 5.41) is 0. The third kappa shape index (κ3) is 2.78. The smallest absolute Gasteiger partial charge is 0.187 e. The van der Waals surface area contributed by atoms with Gasteiger partial charge < -0.3 is 9.80 Å². The zero-order valence-corrected chi connectivity index (χ0v) is 10.6. The first kappa shape index (κ1) is 11.9. The van der Waals surface area contributed by atoms with Gasteiger partial charge in [-0.1, -0.05) is 12.1 Å². The Kier molecular flexibility index (Phi) is 3.65. The SMILES string of the molecule is [C-]#[N+]c1ccc(N2CCC(N(C)C)CC2)cc1. The summed E-state index contributed by atoms with van der Waals surface area (Å²) < 4.78 is 0. The van der Waals surface area contributed by atoms with Gasteiger partial charge in [-0.05, 0) is 39.1 Å². The van der Waals surface area contributed by atoms with E-state index in [9.17, 15) is 0 Å². The lowest BCUT2D eigenvalue weighted by Crippen LogP contribution is -2.41. The van der Waals surface area contributed by atoms with E-state index in [1.165, 1.54) is 18.5 Å². The van der Waals surface area contributed by atoms with Gasteiger partial charge in [0, 0.05) is 24.8 Å². The van der Waals surface area contributed by atoms with E-state index in [1.807, 2.05) is 12.1 Å². The van der Waals surface area contributed by atoms with Gasteiger partial charge in [0.1, 0.15) is 0 Å². The Bertz CT molecular complexity index is 394. The first-order valence-electron chi connectivity index (χ1n) is 6.09. The molecule has 3 heteroatoms. The second kappa shape index (κ2) is 5.20. The van der Waals surface area contributed by atoms with Gasteiger partial charge in [-0.2, -0.15) is 0 Å². The summed E-state index contributed by atoms with van der Waals surface area (Å²) in [6.45, 7) is 9.16. The topological polar surface area (TPSA) is 10.8 Å². The van der Waals surface area contributed by atoms with Crippen molar-refractivity contribution in [2.45, 2.75) is 18.9 Å². The average molecular weight is 229 g/mol. The quantitative estimate of drug-likeness (QED) is 0.722. The van der Waals surface area contributed by atoms with Crippen molar-refractivity contribution in [2.24, 2.45) is 0 Å². The van der Waals surface area contributed by atoms with Crippen LogP contribution in [0.3, 0.4) is 0 Å². The van der Waals surface area contributed by atoms with Crippen LogP contribution in [0.5, 0.6) is 0 Å². The molecule has 1 aliphatic heterocycles. The molecule has 0 aromatic heterocycles. The highest BCUT2D eigenvalue weighted by molar-refractivity contribution is 5.55. The number of hydrogen-bond donors (Lipinski definition) is 0. The maximum atomic E-state index is 6.94. The number of anilines is 1. The number of piperidine rings is 1. The van der Waals surface area contributed by atoms with E-state index < -0.39 is 0 Å². The molecule has 1 fully saturated rings. The Labute approximate surface area is 103 Å². The first-order valence-corrected chi connectivity index (χ1v) is 6.09. The van der Waals surface area contributed by atoms with Gasteiger partial charge in [0.25, 0.3) is 0 Å². The molecule has 0 bridgehead atoms. The van der Waals surface area contributed by atoms with Crippen molar-refractivity contribution in [2.75, 3.05) is 32.1 Å². The molecule has 17 heavy (non-hydrogen) atoms. The molecule has 0 unspecified atom stereocenters. The zero-order chi connectivity index (χ0) is 12.3. The molecule has 0 spiro atoms. The fraction of sp³-hybridized carbons (Fsp3) is 0.500. The number of benzene rings is 1. The zero-order valence-electron chi connectivity index (χ0n) is 10.6. The predicted molar refractivity (Wildman–Crippen MR) is 71.6 cm³/mol. The van der Waals surface area contributed by atoms with Crippen LogP contribution in [0.25, 0.3) is 4.85 Å². The summed E-state index contributed by atoms with van der Waals surface area (Å²) in [5.74, 6) is 0. The second-order valence-corrected chi connectivity index (χ2v) is 4.81. The number of hydrogen-bond acceptors (Lipinski definition) is 2. The van der Waals surface area contributed by atoms with E-state index >= 15 is 0 Å². The molecule has 1 aromatic rings. The molecule has 0 amide bonds. The molecule has 0 N–H and O–H groups in total. The highest BCUT2D eigenvalue weighted by Gasteiger charge is 2.20. The van der Waals surface area contributed by atoms with Gasteiger partial charge in [0.2, 0.25) is 0 Å². The normalized spacial score (nSPS) is 17.2. The Morgan fingerprint density at radius 1 is 1.18 bits per heavy atom. The fourth-order valence-corrected chi connectivity index (χ4v) is 2.38. The summed E-state index contributed by atoms with van der Waals surface area (Å²) in [6.07, 6.45) is 2.44. The first-order chi connectivity index (χ1) is 8.20. The van der Waals surface area contributed by atoms with E-state index in [0.29, 0.717) is 6.04 Å². The largest absolute Gasteiger partial charge is 0.371 e. The minimum absolute atomic E-state index is 0.716. The van der Waals surface area contributed by atoms with Gasteiger partial charge in [0.05, 0.1) is 6.57 Å². The van der Waals surface area contributed by atoms with Gasteiger partial charge in [0.15, 0.2) is 5.69 Å². The van der Waals surface area contributed by atoms with Crippen molar-refractivity contribution in [3.05, 3.63) is 35.7 Å². The van der Waals surface area contributed by atoms with Crippen LogP contribution in [-0.4, -0.2) is 38.1 Å². The van der Waals surface area contributed by atoms with Crippen molar-refractivity contribution in [3.63, 3.8) is 0 Å². The van der Waals surface area contributed by atoms with Crippen LogP contribution in [0.1, 0.15) is 12.8 Å². The molecule has 0 saturated carbocycles. The lowest BCUT2D eigenvalue weighted by atomic mass is 10.0. The van der Waals surface area contributed by atoms with Crippen LogP contribution in [-0.2, 0) is 0 Å². The molecule has 0 aliphatic carbocycles. The van der Waals surface area contributed by atoms with Crippen molar-refractivity contribution in [1.82, 2.24) is 4.90 Å². The summed E-state index contributed by atoms with van der Waals surface area (Å²) >= 11 is 0. The Morgan fingerprint density at radius 2 is 1.76 bits per heavy atom. The fourth-order valence-electron chi connectivity index (χ4n) is 2.38. The Hall–Kier alpha value is -1.53. The van der Waals surface area contributed by atoms with E-state index in [4.69, 9.17) is 6.57 Å². The van der Waals surface area contributed by atoms with Gasteiger partial charge in [-0.3, -0.25) is 0 Å². The van der Waals surface area contributed by atoms with Gasteiger partial charge >= 0.3 is 0 Å². The summed E-state index contributed by atoms with van der Waals surface area (Å²) in [6, 6.07) is 8.64. The monoisotopic (exact) mass is 229 g/mol. The molecular weight excluding hydrogens is 210 g/mol. The van der Waals surface area contributed by atoms with E-state index in [2.05, 4.69) is 40.9 Å². The molecule has 1 aromatic carbocycles. The van der Waals surface area contributed by atoms with E-state index in [-0.39, 0.29) is 0 Å². The third-order valence-electron chi connectivity index (χ3n) is 3.54. The van der Waals surface area contributed by atoms with Gasteiger partial charge in [-0.25, -0.2) is 4.85 Å². The minimum Gasteiger partial charge on any atom is -0.371 e. The summed E-state index contributed by atoms with van der Waals surface area (Å²) in [7, 11) is 4.32.